The number of nitrogens with one attached hydrogen (secondary N) is 1. The van der Waals surface area contributed by atoms with Crippen LogP contribution in [0.15, 0.2) is 90.3 Å². The fourth-order valence-corrected chi connectivity index (χ4v) is 4.12. The first-order chi connectivity index (χ1) is 16.7. The first kappa shape index (κ1) is 21.2. The van der Waals surface area contributed by atoms with E-state index in [4.69, 9.17) is 19.9 Å². The van der Waals surface area contributed by atoms with E-state index >= 15 is 0 Å². The fraction of sp³-hybridized carbons (Fsp3) is 0.111. The molecule has 3 aromatic carbocycles. The third kappa shape index (κ3) is 3.82. The minimum Gasteiger partial charge on any atom is -0.493 e. The van der Waals surface area contributed by atoms with Gasteiger partial charge in [0, 0.05) is 0 Å². The Morgan fingerprint density at radius 2 is 1.76 bits per heavy atom. The molecule has 0 spiro atoms. The average molecular weight is 450 g/mol. The highest BCUT2D eigenvalue weighted by Gasteiger charge is 2.36. The molecule has 1 aliphatic heterocycles. The van der Waals surface area contributed by atoms with E-state index in [1.54, 1.807) is 7.11 Å². The van der Waals surface area contributed by atoms with Crippen LogP contribution in [0.4, 0.5) is 0 Å². The smallest absolute Gasteiger partial charge is 0.244 e. The number of aromatic nitrogens is 2. The van der Waals surface area contributed by atoms with E-state index < -0.39 is 5.92 Å². The molecule has 0 amide bonds. The Morgan fingerprint density at radius 1 is 1.03 bits per heavy atom. The summed E-state index contributed by atoms with van der Waals surface area (Å²) < 4.78 is 17.3. The molecule has 168 valence electrons. The number of benzene rings is 3. The molecule has 0 saturated carbocycles. The zero-order valence-corrected chi connectivity index (χ0v) is 18.5. The lowest BCUT2D eigenvalue weighted by molar-refractivity contribution is 0.284. The summed E-state index contributed by atoms with van der Waals surface area (Å²) in [6, 6.07) is 27.5. The molecule has 1 aromatic heterocycles. The molecule has 7 heteroatoms. The van der Waals surface area contributed by atoms with Crippen molar-refractivity contribution in [2.75, 3.05) is 7.11 Å². The van der Waals surface area contributed by atoms with E-state index in [0.29, 0.717) is 29.6 Å². The van der Waals surface area contributed by atoms with E-state index in [1.165, 1.54) is 0 Å². The van der Waals surface area contributed by atoms with E-state index in [2.05, 4.69) is 16.3 Å². The largest absolute Gasteiger partial charge is 0.493 e. The molecule has 5 rings (SSSR count). The van der Waals surface area contributed by atoms with Gasteiger partial charge in [0.15, 0.2) is 11.5 Å². The van der Waals surface area contributed by atoms with E-state index in [9.17, 15) is 5.26 Å². The van der Waals surface area contributed by atoms with Crippen LogP contribution in [0, 0.1) is 11.3 Å². The van der Waals surface area contributed by atoms with Gasteiger partial charge < -0.3 is 19.9 Å². The SMILES string of the molecule is COc1cc([C@@H]2C(C#N)=C(N)Oc3n[nH]c(-c4ccccc4)c32)ccc1OCc1ccccc1. The van der Waals surface area contributed by atoms with Crippen LogP contribution in [0.5, 0.6) is 17.4 Å². The number of hydrogen-bond acceptors (Lipinski definition) is 6. The summed E-state index contributed by atoms with van der Waals surface area (Å²) in [6.45, 7) is 0.411. The Hall–Kier alpha value is -4.70. The Morgan fingerprint density at radius 3 is 2.47 bits per heavy atom. The third-order valence-corrected chi connectivity index (χ3v) is 5.76. The van der Waals surface area contributed by atoms with Crippen molar-refractivity contribution >= 4 is 0 Å². The number of fused-ring (bicyclic) bond motifs is 1. The lowest BCUT2D eigenvalue weighted by atomic mass is 9.83. The predicted molar refractivity (Wildman–Crippen MR) is 127 cm³/mol. The van der Waals surface area contributed by atoms with Gasteiger partial charge in [-0.25, -0.2) is 0 Å². The number of nitriles is 1. The summed E-state index contributed by atoms with van der Waals surface area (Å²) in [5.41, 5.74) is 10.7. The highest BCUT2D eigenvalue weighted by atomic mass is 16.5. The van der Waals surface area contributed by atoms with Gasteiger partial charge in [-0.05, 0) is 28.8 Å². The van der Waals surface area contributed by atoms with Crippen LogP contribution < -0.4 is 19.9 Å². The van der Waals surface area contributed by atoms with Gasteiger partial charge in [-0.15, -0.1) is 5.10 Å². The zero-order chi connectivity index (χ0) is 23.5. The van der Waals surface area contributed by atoms with Crippen molar-refractivity contribution in [2.24, 2.45) is 5.73 Å². The highest BCUT2D eigenvalue weighted by molar-refractivity contribution is 5.71. The molecule has 1 aliphatic rings. The van der Waals surface area contributed by atoms with Crippen LogP contribution in [0.3, 0.4) is 0 Å². The van der Waals surface area contributed by atoms with Gasteiger partial charge in [0.2, 0.25) is 11.8 Å². The fourth-order valence-electron chi connectivity index (χ4n) is 4.12. The molecule has 0 radical (unpaired) electrons. The van der Waals surface area contributed by atoms with E-state index in [0.717, 1.165) is 27.9 Å². The summed E-state index contributed by atoms with van der Waals surface area (Å²) in [7, 11) is 1.59. The maximum atomic E-state index is 9.95. The molecular weight excluding hydrogens is 428 g/mol. The monoisotopic (exact) mass is 450 g/mol. The van der Waals surface area contributed by atoms with Crippen molar-refractivity contribution in [1.82, 2.24) is 10.2 Å². The summed E-state index contributed by atoms with van der Waals surface area (Å²) in [6.07, 6.45) is 0. The number of aromatic amines is 1. The van der Waals surface area contributed by atoms with Crippen LogP contribution in [-0.2, 0) is 6.61 Å². The predicted octanol–water partition coefficient (Wildman–Crippen LogP) is 4.88. The molecule has 34 heavy (non-hydrogen) atoms. The third-order valence-electron chi connectivity index (χ3n) is 5.76. The summed E-state index contributed by atoms with van der Waals surface area (Å²) >= 11 is 0. The van der Waals surface area contributed by atoms with Gasteiger partial charge in [0.1, 0.15) is 18.2 Å². The molecule has 0 aliphatic carbocycles. The van der Waals surface area contributed by atoms with Gasteiger partial charge in [-0.1, -0.05) is 66.7 Å². The standard InChI is InChI=1S/C27H22N4O3/c1-32-22-14-19(12-13-21(22)33-16-17-8-4-2-5-9-17)23-20(15-28)26(29)34-27-24(23)25(30-31-27)18-10-6-3-7-11-18/h2-14,23H,16,29H2,1H3,(H,30,31)/t23-/m1/s1. The number of nitrogens with zero attached hydrogens (tertiary/aromatic N) is 2. The van der Waals surface area contributed by atoms with Crippen LogP contribution in [0.2, 0.25) is 0 Å². The first-order valence-electron chi connectivity index (χ1n) is 10.8. The molecule has 7 nitrogen and oxygen atoms in total. The molecule has 0 saturated heterocycles. The van der Waals surface area contributed by atoms with Crippen molar-refractivity contribution in [2.45, 2.75) is 12.5 Å². The summed E-state index contributed by atoms with van der Waals surface area (Å²) in [5, 5.41) is 17.3. The second-order valence-corrected chi connectivity index (χ2v) is 7.79. The van der Waals surface area contributed by atoms with Gasteiger partial charge in [-0.3, -0.25) is 5.10 Å². The molecule has 0 bridgehead atoms. The zero-order valence-electron chi connectivity index (χ0n) is 18.5. The Labute approximate surface area is 197 Å². The number of H-pyrrole nitrogens is 1. The van der Waals surface area contributed by atoms with Gasteiger partial charge >= 0.3 is 0 Å². The van der Waals surface area contributed by atoms with Gasteiger partial charge in [-0.2, -0.15) is 5.26 Å². The van der Waals surface area contributed by atoms with E-state index in [1.807, 2.05) is 78.9 Å². The summed E-state index contributed by atoms with van der Waals surface area (Å²) in [4.78, 5) is 0. The number of methoxy groups -OCH3 is 1. The molecule has 0 fully saturated rings. The minimum absolute atomic E-state index is 0.0366. The lowest BCUT2D eigenvalue weighted by Gasteiger charge is -2.25. The van der Waals surface area contributed by atoms with Crippen molar-refractivity contribution in [3.05, 3.63) is 107 Å². The number of ether oxygens (including phenoxy) is 3. The minimum atomic E-state index is -0.486. The molecule has 2 heterocycles. The Balaban J connectivity index is 1.56. The van der Waals surface area contributed by atoms with Crippen molar-refractivity contribution < 1.29 is 14.2 Å². The quantitative estimate of drug-likeness (QED) is 0.434. The number of rotatable bonds is 6. The topological polar surface area (TPSA) is 106 Å². The maximum Gasteiger partial charge on any atom is 0.244 e. The van der Waals surface area contributed by atoms with Crippen LogP contribution in [-0.4, -0.2) is 17.3 Å². The summed E-state index contributed by atoms with van der Waals surface area (Å²) in [5.74, 6) is 1.06. The Kier molecular flexibility index (Phi) is 5.63. The number of nitrogens with two attached hydrogens (primary N) is 1. The van der Waals surface area contributed by atoms with Crippen molar-refractivity contribution in [1.29, 1.82) is 5.26 Å². The van der Waals surface area contributed by atoms with Crippen LogP contribution in [0.1, 0.15) is 22.6 Å². The highest BCUT2D eigenvalue weighted by Crippen LogP contribution is 2.47. The van der Waals surface area contributed by atoms with Crippen LogP contribution >= 0.6 is 0 Å². The van der Waals surface area contributed by atoms with E-state index in [-0.39, 0.29) is 5.88 Å². The number of hydrogen-bond donors (Lipinski definition) is 2. The maximum absolute atomic E-state index is 9.95. The lowest BCUT2D eigenvalue weighted by Crippen LogP contribution is -2.21. The molecular formula is C27H22N4O3. The second kappa shape index (κ2) is 9.04. The normalized spacial score (nSPS) is 14.6. The van der Waals surface area contributed by atoms with Gasteiger partial charge in [0.05, 0.1) is 24.3 Å². The second-order valence-electron chi connectivity index (χ2n) is 7.79. The molecule has 4 aromatic rings. The number of allylic oxidation sites excluding steroid dienone is 1. The van der Waals surface area contributed by atoms with Crippen molar-refractivity contribution in [3.63, 3.8) is 0 Å². The van der Waals surface area contributed by atoms with Gasteiger partial charge in [0.25, 0.3) is 0 Å². The molecule has 0 unspecified atom stereocenters. The molecule has 3 N–H and O–H groups in total. The molecule has 1 atom stereocenters. The van der Waals surface area contributed by atoms with Crippen molar-refractivity contribution in [3.8, 4) is 34.7 Å². The Bertz CT molecular complexity index is 1390. The first-order valence-corrected chi connectivity index (χ1v) is 10.8. The van der Waals surface area contributed by atoms with Crippen LogP contribution in [0.25, 0.3) is 11.3 Å². The average Bonchev–Trinajstić information content (AvgIpc) is 3.31.